The zero-order chi connectivity index (χ0) is 15.2. The molecule has 2 unspecified atom stereocenters. The highest BCUT2D eigenvalue weighted by Gasteiger charge is 2.26. The SMILES string of the molecule is COC1CNCC(C(=O)NCc2ccc(C(C)C)cc2)C1. The van der Waals surface area contributed by atoms with E-state index in [1.54, 1.807) is 7.11 Å². The molecule has 1 aromatic carbocycles. The standard InChI is InChI=1S/C17H26N2O2/c1-12(2)14-6-4-13(5-7-14)9-19-17(20)15-8-16(21-3)11-18-10-15/h4-7,12,15-16,18H,8-11H2,1-3H3,(H,19,20). The van der Waals surface area contributed by atoms with E-state index in [4.69, 9.17) is 4.74 Å². The monoisotopic (exact) mass is 290 g/mol. The van der Waals surface area contributed by atoms with Crippen LogP contribution in [0.5, 0.6) is 0 Å². The van der Waals surface area contributed by atoms with E-state index in [0.29, 0.717) is 12.5 Å². The topological polar surface area (TPSA) is 50.4 Å². The molecule has 1 aromatic rings. The van der Waals surface area contributed by atoms with Crippen LogP contribution >= 0.6 is 0 Å². The molecule has 1 aliphatic rings. The first-order chi connectivity index (χ1) is 10.1. The van der Waals surface area contributed by atoms with Gasteiger partial charge in [-0.2, -0.15) is 0 Å². The molecule has 0 spiro atoms. The number of hydrogen-bond acceptors (Lipinski definition) is 3. The van der Waals surface area contributed by atoms with E-state index in [0.717, 1.165) is 25.1 Å². The van der Waals surface area contributed by atoms with Gasteiger partial charge in [-0.05, 0) is 23.5 Å². The summed E-state index contributed by atoms with van der Waals surface area (Å²) in [5.74, 6) is 0.642. The minimum atomic E-state index is -0.00126. The Morgan fingerprint density at radius 2 is 2.05 bits per heavy atom. The molecule has 116 valence electrons. The Labute approximate surface area is 127 Å². The fraction of sp³-hybridized carbons (Fsp3) is 0.588. The number of carbonyl (C=O) groups is 1. The van der Waals surface area contributed by atoms with Crippen LogP contribution in [0.2, 0.25) is 0 Å². The fourth-order valence-electron chi connectivity index (χ4n) is 2.64. The molecule has 0 aliphatic carbocycles. The predicted octanol–water partition coefficient (Wildman–Crippen LogP) is 2.05. The molecular formula is C17H26N2O2. The highest BCUT2D eigenvalue weighted by Crippen LogP contribution is 2.16. The summed E-state index contributed by atoms with van der Waals surface area (Å²) in [7, 11) is 1.70. The average molecular weight is 290 g/mol. The summed E-state index contributed by atoms with van der Waals surface area (Å²) in [6.45, 7) is 6.51. The Balaban J connectivity index is 1.83. The van der Waals surface area contributed by atoms with Gasteiger partial charge in [0.25, 0.3) is 0 Å². The van der Waals surface area contributed by atoms with Gasteiger partial charge in [-0.1, -0.05) is 38.1 Å². The molecule has 1 amide bonds. The number of methoxy groups -OCH3 is 1. The van der Waals surface area contributed by atoms with Gasteiger partial charge < -0.3 is 15.4 Å². The fourth-order valence-corrected chi connectivity index (χ4v) is 2.64. The van der Waals surface area contributed by atoms with Gasteiger partial charge in [-0.3, -0.25) is 4.79 Å². The quantitative estimate of drug-likeness (QED) is 0.872. The van der Waals surface area contributed by atoms with Crippen molar-refractivity contribution in [2.45, 2.75) is 38.8 Å². The second kappa shape index (κ2) is 7.57. The molecule has 21 heavy (non-hydrogen) atoms. The molecule has 1 fully saturated rings. The molecule has 0 bridgehead atoms. The van der Waals surface area contributed by atoms with Crippen LogP contribution in [0, 0.1) is 5.92 Å². The second-order valence-electron chi connectivity index (χ2n) is 6.06. The van der Waals surface area contributed by atoms with Gasteiger partial charge in [0.2, 0.25) is 5.91 Å². The van der Waals surface area contributed by atoms with Gasteiger partial charge in [0, 0.05) is 26.7 Å². The van der Waals surface area contributed by atoms with Crippen molar-refractivity contribution in [1.29, 1.82) is 0 Å². The number of nitrogens with one attached hydrogen (secondary N) is 2. The van der Waals surface area contributed by atoms with Crippen molar-refractivity contribution in [3.05, 3.63) is 35.4 Å². The molecule has 2 N–H and O–H groups in total. The van der Waals surface area contributed by atoms with E-state index in [-0.39, 0.29) is 17.9 Å². The predicted molar refractivity (Wildman–Crippen MR) is 84.2 cm³/mol. The van der Waals surface area contributed by atoms with Crippen LogP contribution in [0.25, 0.3) is 0 Å². The van der Waals surface area contributed by atoms with Gasteiger partial charge in [0.05, 0.1) is 12.0 Å². The van der Waals surface area contributed by atoms with Crippen LogP contribution in [-0.2, 0) is 16.1 Å². The third-order valence-electron chi connectivity index (χ3n) is 4.13. The van der Waals surface area contributed by atoms with E-state index in [2.05, 4.69) is 48.7 Å². The summed E-state index contributed by atoms with van der Waals surface area (Å²) in [4.78, 5) is 12.2. The summed E-state index contributed by atoms with van der Waals surface area (Å²) in [6, 6.07) is 8.45. The number of ether oxygens (including phenoxy) is 1. The molecule has 1 heterocycles. The molecule has 4 nitrogen and oxygen atoms in total. The Hall–Kier alpha value is -1.39. The number of benzene rings is 1. The highest BCUT2D eigenvalue weighted by molar-refractivity contribution is 5.79. The molecule has 2 atom stereocenters. The minimum Gasteiger partial charge on any atom is -0.380 e. The van der Waals surface area contributed by atoms with Crippen molar-refractivity contribution >= 4 is 5.91 Å². The molecule has 0 saturated carbocycles. The van der Waals surface area contributed by atoms with Gasteiger partial charge in [-0.15, -0.1) is 0 Å². The molecular weight excluding hydrogens is 264 g/mol. The smallest absolute Gasteiger partial charge is 0.224 e. The maximum absolute atomic E-state index is 12.2. The lowest BCUT2D eigenvalue weighted by molar-refractivity contribution is -0.127. The normalized spacial score (nSPS) is 22.3. The van der Waals surface area contributed by atoms with E-state index in [1.807, 2.05) is 0 Å². The Kier molecular flexibility index (Phi) is 5.76. The Morgan fingerprint density at radius 1 is 1.33 bits per heavy atom. The first-order valence-electron chi connectivity index (χ1n) is 7.70. The van der Waals surface area contributed by atoms with E-state index >= 15 is 0 Å². The summed E-state index contributed by atoms with van der Waals surface area (Å²) >= 11 is 0. The summed E-state index contributed by atoms with van der Waals surface area (Å²) < 4.78 is 5.33. The van der Waals surface area contributed by atoms with Gasteiger partial charge in [0.1, 0.15) is 0 Å². The zero-order valence-electron chi connectivity index (χ0n) is 13.2. The number of carbonyl (C=O) groups excluding carboxylic acids is 1. The number of piperidine rings is 1. The Bertz CT molecular complexity index is 456. The molecule has 0 radical (unpaired) electrons. The Morgan fingerprint density at radius 3 is 2.67 bits per heavy atom. The molecule has 0 aromatic heterocycles. The number of rotatable bonds is 5. The summed E-state index contributed by atoms with van der Waals surface area (Å²) in [5.41, 5.74) is 2.46. The molecule has 1 saturated heterocycles. The first-order valence-corrected chi connectivity index (χ1v) is 7.70. The largest absolute Gasteiger partial charge is 0.380 e. The second-order valence-corrected chi connectivity index (χ2v) is 6.06. The van der Waals surface area contributed by atoms with Crippen LogP contribution in [0.3, 0.4) is 0 Å². The number of amides is 1. The van der Waals surface area contributed by atoms with E-state index in [9.17, 15) is 4.79 Å². The lowest BCUT2D eigenvalue weighted by atomic mass is 9.96. The first kappa shape index (κ1) is 16.0. The maximum Gasteiger partial charge on any atom is 0.224 e. The lowest BCUT2D eigenvalue weighted by Gasteiger charge is -2.28. The minimum absolute atomic E-state index is 0.00126. The summed E-state index contributed by atoms with van der Waals surface area (Å²) in [6.07, 6.45) is 0.932. The van der Waals surface area contributed by atoms with Crippen LogP contribution < -0.4 is 10.6 Å². The van der Waals surface area contributed by atoms with E-state index in [1.165, 1.54) is 5.56 Å². The lowest BCUT2D eigenvalue weighted by Crippen LogP contribution is -2.46. The van der Waals surface area contributed by atoms with Gasteiger partial charge in [-0.25, -0.2) is 0 Å². The summed E-state index contributed by atoms with van der Waals surface area (Å²) in [5, 5.41) is 6.28. The van der Waals surface area contributed by atoms with Crippen molar-refractivity contribution in [1.82, 2.24) is 10.6 Å². The molecule has 4 heteroatoms. The third-order valence-corrected chi connectivity index (χ3v) is 4.13. The van der Waals surface area contributed by atoms with Crippen LogP contribution in [0.1, 0.15) is 37.3 Å². The van der Waals surface area contributed by atoms with Gasteiger partial charge in [0.15, 0.2) is 0 Å². The molecule has 2 rings (SSSR count). The third kappa shape index (κ3) is 4.55. The van der Waals surface area contributed by atoms with Crippen molar-refractivity contribution in [3.8, 4) is 0 Å². The van der Waals surface area contributed by atoms with Crippen molar-refractivity contribution in [2.75, 3.05) is 20.2 Å². The maximum atomic E-state index is 12.2. The van der Waals surface area contributed by atoms with Crippen LogP contribution in [0.4, 0.5) is 0 Å². The average Bonchev–Trinajstić information content (AvgIpc) is 2.53. The van der Waals surface area contributed by atoms with Crippen molar-refractivity contribution in [3.63, 3.8) is 0 Å². The molecule has 1 aliphatic heterocycles. The van der Waals surface area contributed by atoms with E-state index < -0.39 is 0 Å². The van der Waals surface area contributed by atoms with Crippen LogP contribution in [-0.4, -0.2) is 32.2 Å². The highest BCUT2D eigenvalue weighted by atomic mass is 16.5. The van der Waals surface area contributed by atoms with Crippen molar-refractivity contribution in [2.24, 2.45) is 5.92 Å². The van der Waals surface area contributed by atoms with Crippen molar-refractivity contribution < 1.29 is 9.53 Å². The van der Waals surface area contributed by atoms with Crippen LogP contribution in [0.15, 0.2) is 24.3 Å². The number of hydrogen-bond donors (Lipinski definition) is 2. The van der Waals surface area contributed by atoms with Gasteiger partial charge >= 0.3 is 0 Å². The zero-order valence-corrected chi connectivity index (χ0v) is 13.2.